The van der Waals surface area contributed by atoms with E-state index in [-0.39, 0.29) is 0 Å². The minimum Gasteiger partial charge on any atom is -0.396 e. The van der Waals surface area contributed by atoms with Crippen LogP contribution >= 0.6 is 23.2 Å². The molecule has 0 aliphatic heterocycles. The molecular formula is C11H11Cl2N3. The smallest absolute Gasteiger partial charge is 0.0911 e. The molecule has 1 aromatic carbocycles. The molecular weight excluding hydrogens is 245 g/mol. The molecule has 0 atom stereocenters. The van der Waals surface area contributed by atoms with E-state index in [0.717, 1.165) is 17.6 Å². The Bertz CT molecular complexity index is 540. The zero-order chi connectivity index (χ0) is 11.7. The summed E-state index contributed by atoms with van der Waals surface area (Å²) in [5.74, 6) is 0. The standard InChI is InChI=1S/C11H11Cl2N3/c1-2-15-11-7-3-6(12)4-8(13)10(7)16-5-9(11)14/h3-5H,2,14H2,1H3,(H,15,16). The van der Waals surface area contributed by atoms with E-state index in [1.165, 1.54) is 0 Å². The summed E-state index contributed by atoms with van der Waals surface area (Å²) in [6, 6.07) is 3.48. The van der Waals surface area contributed by atoms with Gasteiger partial charge in [-0.3, -0.25) is 4.98 Å². The van der Waals surface area contributed by atoms with Crippen LogP contribution in [0.3, 0.4) is 0 Å². The van der Waals surface area contributed by atoms with Gasteiger partial charge in [0.05, 0.1) is 28.1 Å². The van der Waals surface area contributed by atoms with Crippen LogP contribution in [0.5, 0.6) is 0 Å². The van der Waals surface area contributed by atoms with Crippen molar-refractivity contribution in [3.8, 4) is 0 Å². The van der Waals surface area contributed by atoms with Gasteiger partial charge in [-0.1, -0.05) is 23.2 Å². The summed E-state index contributed by atoms with van der Waals surface area (Å²) in [7, 11) is 0. The second-order valence-electron chi connectivity index (χ2n) is 3.40. The van der Waals surface area contributed by atoms with Gasteiger partial charge < -0.3 is 11.1 Å². The molecule has 3 nitrogen and oxygen atoms in total. The van der Waals surface area contributed by atoms with Crippen LogP contribution in [0.1, 0.15) is 6.92 Å². The van der Waals surface area contributed by atoms with Gasteiger partial charge in [-0.25, -0.2) is 0 Å². The summed E-state index contributed by atoms with van der Waals surface area (Å²) in [5.41, 5.74) is 7.99. The number of anilines is 2. The molecule has 0 amide bonds. The summed E-state index contributed by atoms with van der Waals surface area (Å²) < 4.78 is 0. The predicted octanol–water partition coefficient (Wildman–Crippen LogP) is 3.56. The van der Waals surface area contributed by atoms with Crippen molar-refractivity contribution < 1.29 is 0 Å². The number of nitrogens with two attached hydrogens (primary N) is 1. The molecule has 0 unspecified atom stereocenters. The molecule has 16 heavy (non-hydrogen) atoms. The second kappa shape index (κ2) is 4.36. The van der Waals surface area contributed by atoms with Crippen molar-refractivity contribution in [3.05, 3.63) is 28.4 Å². The lowest BCUT2D eigenvalue weighted by Crippen LogP contribution is -2.02. The molecule has 2 rings (SSSR count). The molecule has 3 N–H and O–H groups in total. The molecule has 0 spiro atoms. The van der Waals surface area contributed by atoms with E-state index in [4.69, 9.17) is 28.9 Å². The van der Waals surface area contributed by atoms with Crippen molar-refractivity contribution in [1.29, 1.82) is 0 Å². The van der Waals surface area contributed by atoms with E-state index < -0.39 is 0 Å². The molecule has 0 radical (unpaired) electrons. The fraction of sp³-hybridized carbons (Fsp3) is 0.182. The third kappa shape index (κ3) is 1.88. The number of fused-ring (bicyclic) bond motifs is 1. The first-order valence-corrected chi connectivity index (χ1v) is 5.66. The normalized spacial score (nSPS) is 10.7. The molecule has 1 heterocycles. The van der Waals surface area contributed by atoms with Gasteiger partial charge in [-0.15, -0.1) is 0 Å². The maximum Gasteiger partial charge on any atom is 0.0911 e. The fourth-order valence-corrected chi connectivity index (χ4v) is 2.16. The molecule has 1 aromatic heterocycles. The lowest BCUT2D eigenvalue weighted by Gasteiger charge is -2.11. The highest BCUT2D eigenvalue weighted by Gasteiger charge is 2.09. The van der Waals surface area contributed by atoms with Crippen molar-refractivity contribution >= 4 is 45.5 Å². The van der Waals surface area contributed by atoms with Gasteiger partial charge >= 0.3 is 0 Å². The molecule has 5 heteroatoms. The summed E-state index contributed by atoms with van der Waals surface area (Å²) >= 11 is 12.0. The number of nitrogen functional groups attached to an aromatic ring is 1. The highest BCUT2D eigenvalue weighted by Crippen LogP contribution is 2.34. The highest BCUT2D eigenvalue weighted by molar-refractivity contribution is 6.38. The van der Waals surface area contributed by atoms with Crippen molar-refractivity contribution in [2.45, 2.75) is 6.92 Å². The van der Waals surface area contributed by atoms with E-state index >= 15 is 0 Å². The number of pyridine rings is 1. The number of aromatic nitrogens is 1. The number of rotatable bonds is 2. The minimum atomic E-state index is 0.529. The summed E-state index contributed by atoms with van der Waals surface area (Å²) in [6.45, 7) is 2.77. The number of nitrogens with zero attached hydrogens (tertiary/aromatic N) is 1. The molecule has 0 saturated heterocycles. The Balaban J connectivity index is 2.80. The Hall–Kier alpha value is -1.19. The molecule has 0 fully saturated rings. The van der Waals surface area contributed by atoms with Gasteiger partial charge in [-0.05, 0) is 19.1 Å². The average Bonchev–Trinajstić information content (AvgIpc) is 2.22. The highest BCUT2D eigenvalue weighted by atomic mass is 35.5. The third-order valence-corrected chi connectivity index (χ3v) is 2.78. The number of benzene rings is 1. The van der Waals surface area contributed by atoms with Gasteiger partial charge in [0.15, 0.2) is 0 Å². The number of hydrogen-bond acceptors (Lipinski definition) is 3. The molecule has 0 aliphatic rings. The van der Waals surface area contributed by atoms with Gasteiger partial charge in [0, 0.05) is 17.0 Å². The van der Waals surface area contributed by atoms with Gasteiger partial charge in [0.2, 0.25) is 0 Å². The molecule has 0 aliphatic carbocycles. The summed E-state index contributed by atoms with van der Waals surface area (Å²) in [6.07, 6.45) is 1.60. The van der Waals surface area contributed by atoms with E-state index in [9.17, 15) is 0 Å². The minimum absolute atomic E-state index is 0.529. The molecule has 2 aromatic rings. The topological polar surface area (TPSA) is 50.9 Å². The van der Waals surface area contributed by atoms with Crippen molar-refractivity contribution in [2.24, 2.45) is 0 Å². The zero-order valence-electron chi connectivity index (χ0n) is 8.72. The van der Waals surface area contributed by atoms with Crippen LogP contribution in [0.15, 0.2) is 18.3 Å². The van der Waals surface area contributed by atoms with Crippen molar-refractivity contribution in [2.75, 3.05) is 17.6 Å². The van der Waals surface area contributed by atoms with E-state index in [0.29, 0.717) is 21.2 Å². The summed E-state index contributed by atoms with van der Waals surface area (Å²) in [4.78, 5) is 4.21. The first-order valence-electron chi connectivity index (χ1n) is 4.90. The third-order valence-electron chi connectivity index (χ3n) is 2.27. The first-order chi connectivity index (χ1) is 7.63. The van der Waals surface area contributed by atoms with E-state index in [2.05, 4.69) is 10.3 Å². The van der Waals surface area contributed by atoms with Crippen LogP contribution in [0.2, 0.25) is 10.0 Å². The average molecular weight is 256 g/mol. The number of hydrogen-bond donors (Lipinski definition) is 2. The van der Waals surface area contributed by atoms with E-state index in [1.54, 1.807) is 12.3 Å². The zero-order valence-corrected chi connectivity index (χ0v) is 10.2. The lowest BCUT2D eigenvalue weighted by molar-refractivity contribution is 1.22. The van der Waals surface area contributed by atoms with Crippen molar-refractivity contribution in [1.82, 2.24) is 4.98 Å². The SMILES string of the molecule is CCNc1c(N)cnc2c(Cl)cc(Cl)cc12. The summed E-state index contributed by atoms with van der Waals surface area (Å²) in [5, 5.41) is 5.14. The maximum absolute atomic E-state index is 6.07. The monoisotopic (exact) mass is 255 g/mol. The first kappa shape index (κ1) is 11.3. The molecule has 0 bridgehead atoms. The van der Waals surface area contributed by atoms with Crippen LogP contribution in [0.4, 0.5) is 11.4 Å². The van der Waals surface area contributed by atoms with Gasteiger partial charge in [0.25, 0.3) is 0 Å². The van der Waals surface area contributed by atoms with Crippen LogP contribution in [-0.4, -0.2) is 11.5 Å². The second-order valence-corrected chi connectivity index (χ2v) is 4.25. The lowest BCUT2D eigenvalue weighted by atomic mass is 10.1. The largest absolute Gasteiger partial charge is 0.396 e. The van der Waals surface area contributed by atoms with Crippen molar-refractivity contribution in [3.63, 3.8) is 0 Å². The van der Waals surface area contributed by atoms with Gasteiger partial charge in [-0.2, -0.15) is 0 Å². The predicted molar refractivity (Wildman–Crippen MR) is 70.3 cm³/mol. The Morgan fingerprint density at radius 1 is 1.38 bits per heavy atom. The Kier molecular flexibility index (Phi) is 3.08. The Labute approximate surface area is 104 Å². The van der Waals surface area contributed by atoms with Crippen LogP contribution in [0.25, 0.3) is 10.9 Å². The van der Waals surface area contributed by atoms with E-state index in [1.807, 2.05) is 13.0 Å². The number of halogens is 2. The Morgan fingerprint density at radius 2 is 2.12 bits per heavy atom. The number of nitrogens with one attached hydrogen (secondary N) is 1. The van der Waals surface area contributed by atoms with Crippen LogP contribution < -0.4 is 11.1 Å². The van der Waals surface area contributed by atoms with Crippen LogP contribution in [0, 0.1) is 0 Å². The fourth-order valence-electron chi connectivity index (χ4n) is 1.62. The quantitative estimate of drug-likeness (QED) is 0.863. The molecule has 84 valence electrons. The molecule has 0 saturated carbocycles. The maximum atomic E-state index is 6.07. The van der Waals surface area contributed by atoms with Gasteiger partial charge in [0.1, 0.15) is 0 Å². The van der Waals surface area contributed by atoms with Crippen LogP contribution in [-0.2, 0) is 0 Å². The Morgan fingerprint density at radius 3 is 2.81 bits per heavy atom.